The van der Waals surface area contributed by atoms with Crippen LogP contribution in [0.2, 0.25) is 0 Å². The summed E-state index contributed by atoms with van der Waals surface area (Å²) in [4.78, 5) is 0. The molecule has 0 bridgehead atoms. The largest absolute Gasteiger partial charge is 0.507 e. The van der Waals surface area contributed by atoms with Crippen LogP contribution in [0.15, 0.2) is 64.8 Å². The number of hydrogen-bond acceptors (Lipinski definition) is 2. The van der Waals surface area contributed by atoms with Crippen LogP contribution < -0.4 is 0 Å². The van der Waals surface area contributed by atoms with Crippen LogP contribution in [0.25, 0.3) is 10.8 Å². The van der Waals surface area contributed by atoms with Gasteiger partial charge in [0, 0.05) is 17.0 Å². The van der Waals surface area contributed by atoms with Gasteiger partial charge in [-0.3, -0.25) is 0 Å². The van der Waals surface area contributed by atoms with Crippen LogP contribution in [-0.4, -0.2) is 10.2 Å². The summed E-state index contributed by atoms with van der Waals surface area (Å²) in [5, 5.41) is 22.3. The van der Waals surface area contributed by atoms with Crippen molar-refractivity contribution in [2.45, 2.75) is 60.3 Å². The molecule has 27 heavy (non-hydrogen) atoms. The highest BCUT2D eigenvalue weighted by Gasteiger charge is 2.13. The summed E-state index contributed by atoms with van der Waals surface area (Å²) in [5.74, 6) is 0.287. The highest BCUT2D eigenvalue weighted by atomic mass is 16.3. The summed E-state index contributed by atoms with van der Waals surface area (Å²) in [5.41, 5.74) is 6.23. The van der Waals surface area contributed by atoms with Gasteiger partial charge in [-0.05, 0) is 65.7 Å². The summed E-state index contributed by atoms with van der Waals surface area (Å²) in [7, 11) is 0. The number of aromatic hydroxyl groups is 2. The Balaban J connectivity index is 2.25. The van der Waals surface area contributed by atoms with Crippen molar-refractivity contribution in [2.24, 2.45) is 0 Å². The summed E-state index contributed by atoms with van der Waals surface area (Å²) >= 11 is 0. The lowest BCUT2D eigenvalue weighted by Crippen LogP contribution is -1.96. The second-order valence-electron chi connectivity index (χ2n) is 7.79. The fourth-order valence-corrected chi connectivity index (χ4v) is 3.24. The van der Waals surface area contributed by atoms with Gasteiger partial charge in [0.2, 0.25) is 0 Å². The number of hydrogen-bond donors (Lipinski definition) is 2. The Hall–Kier alpha value is -2.48. The maximum absolute atomic E-state index is 10.5. The van der Waals surface area contributed by atoms with Gasteiger partial charge >= 0.3 is 0 Å². The molecule has 0 aliphatic rings. The van der Waals surface area contributed by atoms with Crippen LogP contribution in [0.5, 0.6) is 11.5 Å². The lowest BCUT2D eigenvalue weighted by molar-refractivity contribution is 0.451. The fraction of sp³-hybridized carbons (Fsp3) is 0.360. The van der Waals surface area contributed by atoms with Gasteiger partial charge in [0.15, 0.2) is 0 Å². The van der Waals surface area contributed by atoms with E-state index in [1.165, 1.54) is 28.4 Å². The average Bonchev–Trinajstić information content (AvgIpc) is 2.60. The minimum atomic E-state index is 0.126. The zero-order valence-electron chi connectivity index (χ0n) is 17.3. The molecular weight excluding hydrogens is 332 g/mol. The van der Waals surface area contributed by atoms with E-state index in [0.29, 0.717) is 6.42 Å². The van der Waals surface area contributed by atoms with Crippen LogP contribution in [0.1, 0.15) is 59.4 Å². The van der Waals surface area contributed by atoms with Gasteiger partial charge in [0.1, 0.15) is 11.5 Å². The molecule has 0 amide bonds. The van der Waals surface area contributed by atoms with Gasteiger partial charge in [-0.1, -0.05) is 58.7 Å². The molecule has 0 radical (unpaired) electrons. The van der Waals surface area contributed by atoms with Gasteiger partial charge < -0.3 is 10.2 Å². The summed E-state index contributed by atoms with van der Waals surface area (Å²) < 4.78 is 0. The Kier molecular flexibility index (Phi) is 7.29. The number of phenols is 2. The van der Waals surface area contributed by atoms with E-state index in [4.69, 9.17) is 0 Å². The van der Waals surface area contributed by atoms with Crippen molar-refractivity contribution in [1.82, 2.24) is 0 Å². The van der Waals surface area contributed by atoms with E-state index in [9.17, 15) is 10.2 Å². The number of allylic oxidation sites excluding steroid dienone is 6. The maximum atomic E-state index is 10.5. The number of phenolic OH excluding ortho intramolecular Hbond substituents is 2. The number of benzene rings is 2. The summed E-state index contributed by atoms with van der Waals surface area (Å²) in [6, 6.07) is 9.17. The predicted molar refractivity (Wildman–Crippen MR) is 116 cm³/mol. The van der Waals surface area contributed by atoms with Gasteiger partial charge in [-0.15, -0.1) is 0 Å². The topological polar surface area (TPSA) is 40.5 Å². The van der Waals surface area contributed by atoms with Crippen LogP contribution in [0.3, 0.4) is 0 Å². The summed E-state index contributed by atoms with van der Waals surface area (Å²) in [6.45, 7) is 10.7. The molecular formula is C25H32O2. The molecule has 0 heterocycles. The molecule has 0 saturated heterocycles. The van der Waals surface area contributed by atoms with Crippen molar-refractivity contribution in [3.8, 4) is 11.5 Å². The van der Waals surface area contributed by atoms with E-state index in [2.05, 4.69) is 46.8 Å². The van der Waals surface area contributed by atoms with E-state index >= 15 is 0 Å². The van der Waals surface area contributed by atoms with Crippen molar-refractivity contribution in [1.29, 1.82) is 0 Å². The lowest BCUT2D eigenvalue weighted by atomic mass is 9.92. The molecule has 144 valence electrons. The highest BCUT2D eigenvalue weighted by Crippen LogP contribution is 2.36. The van der Waals surface area contributed by atoms with Crippen LogP contribution in [-0.2, 0) is 6.42 Å². The third-order valence-electron chi connectivity index (χ3n) is 5.00. The Morgan fingerprint density at radius 3 is 2.19 bits per heavy atom. The first kappa shape index (κ1) is 20.8. The minimum absolute atomic E-state index is 0.126. The van der Waals surface area contributed by atoms with Crippen molar-refractivity contribution in [2.75, 3.05) is 0 Å². The normalized spacial score (nSPS) is 11.5. The molecule has 0 spiro atoms. The molecule has 0 saturated carbocycles. The standard InChI is InChI=1S/C25H32O2/c1-17(2)9-8-10-19(5)13-14-20(18(3)4)15-23-21-11-6-7-12-22(21)24(26)16-25(23)27/h6-7,9,11-13,16,26-27H,8,10,14-15H2,1-5H3/b19-13+. The first-order valence-corrected chi connectivity index (χ1v) is 9.66. The Morgan fingerprint density at radius 1 is 0.889 bits per heavy atom. The summed E-state index contributed by atoms with van der Waals surface area (Å²) in [6.07, 6.45) is 8.32. The SMILES string of the molecule is CC(C)=CCC/C(C)=C/CC(Cc1c(O)cc(O)c2ccccc12)=C(C)C. The van der Waals surface area contributed by atoms with Crippen molar-refractivity contribution >= 4 is 10.8 Å². The zero-order valence-corrected chi connectivity index (χ0v) is 17.3. The van der Waals surface area contributed by atoms with Gasteiger partial charge in [0.05, 0.1) is 0 Å². The third-order valence-corrected chi connectivity index (χ3v) is 5.00. The average molecular weight is 365 g/mol. The molecule has 0 atom stereocenters. The molecule has 0 aromatic heterocycles. The zero-order chi connectivity index (χ0) is 20.0. The van der Waals surface area contributed by atoms with Gasteiger partial charge in [-0.25, -0.2) is 0 Å². The van der Waals surface area contributed by atoms with E-state index < -0.39 is 0 Å². The van der Waals surface area contributed by atoms with Crippen LogP contribution in [0, 0.1) is 0 Å². The van der Waals surface area contributed by atoms with Crippen LogP contribution in [0.4, 0.5) is 0 Å². The van der Waals surface area contributed by atoms with Crippen molar-refractivity contribution in [3.05, 3.63) is 70.3 Å². The molecule has 2 aromatic carbocycles. The van der Waals surface area contributed by atoms with E-state index in [-0.39, 0.29) is 11.5 Å². The maximum Gasteiger partial charge on any atom is 0.127 e. The van der Waals surface area contributed by atoms with Gasteiger partial charge in [0.25, 0.3) is 0 Å². The Labute approximate surface area is 163 Å². The molecule has 0 aliphatic carbocycles. The van der Waals surface area contributed by atoms with Crippen molar-refractivity contribution < 1.29 is 10.2 Å². The quantitative estimate of drug-likeness (QED) is 0.509. The van der Waals surface area contributed by atoms with E-state index in [1.807, 2.05) is 24.3 Å². The molecule has 0 aliphatic heterocycles. The first-order valence-electron chi connectivity index (χ1n) is 9.66. The lowest BCUT2D eigenvalue weighted by Gasteiger charge is -2.14. The smallest absolute Gasteiger partial charge is 0.127 e. The minimum Gasteiger partial charge on any atom is -0.507 e. The van der Waals surface area contributed by atoms with E-state index in [0.717, 1.165) is 35.6 Å². The third kappa shape index (κ3) is 5.75. The molecule has 2 nitrogen and oxygen atoms in total. The second-order valence-corrected chi connectivity index (χ2v) is 7.79. The molecule has 2 rings (SSSR count). The molecule has 0 unspecified atom stereocenters. The fourth-order valence-electron chi connectivity index (χ4n) is 3.24. The van der Waals surface area contributed by atoms with Gasteiger partial charge in [-0.2, -0.15) is 0 Å². The molecule has 2 heteroatoms. The molecule has 2 aromatic rings. The first-order chi connectivity index (χ1) is 12.8. The van der Waals surface area contributed by atoms with Crippen LogP contribution >= 0.6 is 0 Å². The monoisotopic (exact) mass is 364 g/mol. The number of fused-ring (bicyclic) bond motifs is 1. The van der Waals surface area contributed by atoms with E-state index in [1.54, 1.807) is 0 Å². The Morgan fingerprint density at radius 2 is 1.56 bits per heavy atom. The van der Waals surface area contributed by atoms with Crippen molar-refractivity contribution in [3.63, 3.8) is 0 Å². The number of rotatable bonds is 7. The Bertz CT molecular complexity index is 890. The second kappa shape index (κ2) is 9.45. The highest BCUT2D eigenvalue weighted by molar-refractivity contribution is 5.93. The predicted octanol–water partition coefficient (Wildman–Crippen LogP) is 7.21. The molecule has 2 N–H and O–H groups in total. The molecule has 0 fully saturated rings.